The molecule has 8 heteroatoms. The number of amides is 3. The fourth-order valence-electron chi connectivity index (χ4n) is 3.43. The van der Waals surface area contributed by atoms with Crippen LogP contribution in [0.5, 0.6) is 5.75 Å². The van der Waals surface area contributed by atoms with Gasteiger partial charge in [-0.3, -0.25) is 4.79 Å². The van der Waals surface area contributed by atoms with E-state index in [4.69, 9.17) is 27.9 Å². The number of halogens is 2. The van der Waals surface area contributed by atoms with Gasteiger partial charge in [-0.2, -0.15) is 0 Å². The molecule has 0 aromatic heterocycles. The van der Waals surface area contributed by atoms with Gasteiger partial charge in [0.05, 0.1) is 16.7 Å². The lowest BCUT2D eigenvalue weighted by Crippen LogP contribution is -2.47. The summed E-state index contributed by atoms with van der Waals surface area (Å²) >= 11 is 12.4. The van der Waals surface area contributed by atoms with Crippen molar-refractivity contribution >= 4 is 46.5 Å². The lowest BCUT2D eigenvalue weighted by Gasteiger charge is -2.27. The van der Waals surface area contributed by atoms with Gasteiger partial charge in [-0.15, -0.1) is 0 Å². The van der Waals surface area contributed by atoms with E-state index in [1.54, 1.807) is 17.0 Å². The Kier molecular flexibility index (Phi) is 6.87. The third-order valence-corrected chi connectivity index (χ3v) is 5.32. The molecule has 2 aromatic rings. The van der Waals surface area contributed by atoms with Crippen molar-refractivity contribution in [3.05, 3.63) is 52.5 Å². The molecule has 6 nitrogen and oxygen atoms in total. The van der Waals surface area contributed by atoms with E-state index in [9.17, 15) is 9.59 Å². The summed E-state index contributed by atoms with van der Waals surface area (Å²) in [5.41, 5.74) is 1.28. The van der Waals surface area contributed by atoms with Gasteiger partial charge in [0.15, 0.2) is 5.75 Å². The molecule has 1 N–H and O–H groups in total. The summed E-state index contributed by atoms with van der Waals surface area (Å²) in [6, 6.07) is 11.7. The second kappa shape index (κ2) is 9.37. The van der Waals surface area contributed by atoms with Crippen molar-refractivity contribution in [1.29, 1.82) is 0 Å². The summed E-state index contributed by atoms with van der Waals surface area (Å²) in [5, 5.41) is 3.41. The van der Waals surface area contributed by atoms with Crippen LogP contribution in [0, 0.1) is 0 Å². The highest BCUT2D eigenvalue weighted by molar-refractivity contribution is 6.37. The van der Waals surface area contributed by atoms with Crippen LogP contribution in [0.1, 0.15) is 20.3 Å². The second-order valence-electron chi connectivity index (χ2n) is 6.55. The molecule has 1 unspecified atom stereocenters. The average Bonchev–Trinajstić information content (AvgIpc) is 3.07. The molecule has 0 spiro atoms. The highest BCUT2D eigenvalue weighted by atomic mass is 35.5. The first-order valence-electron chi connectivity index (χ1n) is 9.52. The van der Waals surface area contributed by atoms with Crippen molar-refractivity contribution in [2.75, 3.05) is 29.9 Å². The predicted molar refractivity (Wildman–Crippen MR) is 116 cm³/mol. The summed E-state index contributed by atoms with van der Waals surface area (Å²) in [5.74, 6) is 0.293. The highest BCUT2D eigenvalue weighted by Gasteiger charge is 2.38. The van der Waals surface area contributed by atoms with Gasteiger partial charge in [-0.05, 0) is 44.5 Å². The Hall–Kier alpha value is -2.44. The summed E-state index contributed by atoms with van der Waals surface area (Å²) < 4.78 is 5.41. The van der Waals surface area contributed by atoms with Crippen LogP contribution in [0.25, 0.3) is 0 Å². The smallest absolute Gasteiger partial charge is 0.322 e. The molecule has 29 heavy (non-hydrogen) atoms. The van der Waals surface area contributed by atoms with Crippen LogP contribution in [-0.4, -0.2) is 42.6 Å². The number of ether oxygens (including phenoxy) is 1. The molecule has 3 rings (SSSR count). The molecule has 1 fully saturated rings. The van der Waals surface area contributed by atoms with E-state index in [1.165, 1.54) is 4.90 Å². The Morgan fingerprint density at radius 3 is 2.45 bits per heavy atom. The minimum Gasteiger partial charge on any atom is -0.491 e. The minimum atomic E-state index is -0.520. The normalized spacial score (nSPS) is 16.1. The number of nitrogens with zero attached hydrogens (tertiary/aromatic N) is 2. The van der Waals surface area contributed by atoms with Crippen molar-refractivity contribution in [3.63, 3.8) is 0 Å². The molecule has 1 aliphatic heterocycles. The fraction of sp³-hybridized carbons (Fsp3) is 0.333. The van der Waals surface area contributed by atoms with Crippen LogP contribution in [0.2, 0.25) is 10.0 Å². The zero-order chi connectivity index (χ0) is 21.0. The minimum absolute atomic E-state index is 0.0871. The van der Waals surface area contributed by atoms with Crippen molar-refractivity contribution in [2.45, 2.75) is 26.3 Å². The first kappa shape index (κ1) is 21.3. The molecule has 1 saturated heterocycles. The Balaban J connectivity index is 1.74. The number of nitrogens with one attached hydrogen (secondary N) is 1. The Labute approximate surface area is 180 Å². The van der Waals surface area contributed by atoms with Gasteiger partial charge in [0.1, 0.15) is 6.04 Å². The van der Waals surface area contributed by atoms with Crippen LogP contribution < -0.4 is 15.0 Å². The van der Waals surface area contributed by atoms with Crippen LogP contribution in [0.15, 0.2) is 42.5 Å². The topological polar surface area (TPSA) is 61.9 Å². The molecule has 1 atom stereocenters. The van der Waals surface area contributed by atoms with Gasteiger partial charge in [0, 0.05) is 24.5 Å². The first-order valence-corrected chi connectivity index (χ1v) is 10.3. The lowest BCUT2D eigenvalue weighted by atomic mass is 10.2. The second-order valence-corrected chi connectivity index (χ2v) is 7.36. The number of hydrogen-bond donors (Lipinski definition) is 1. The molecule has 2 aromatic carbocycles. The van der Waals surface area contributed by atoms with Gasteiger partial charge >= 0.3 is 6.03 Å². The van der Waals surface area contributed by atoms with E-state index in [0.29, 0.717) is 47.6 Å². The standard InChI is InChI=1S/C21H23Cl2N3O3/c1-3-25(18-10-11-26(20(18)27)15-8-6-5-7-9-15)21(28)24-14-12-16(22)19(29-4-2)17(23)13-14/h5-9,12-13,18H,3-4,10-11H2,1-2H3,(H,24,28). The lowest BCUT2D eigenvalue weighted by molar-refractivity contribution is -0.120. The number of urea groups is 1. The Morgan fingerprint density at radius 1 is 1.21 bits per heavy atom. The molecular formula is C21H23Cl2N3O3. The number of hydrogen-bond acceptors (Lipinski definition) is 3. The van der Waals surface area contributed by atoms with Gasteiger partial charge in [0.2, 0.25) is 5.91 Å². The molecule has 0 saturated carbocycles. The molecule has 0 aliphatic carbocycles. The van der Waals surface area contributed by atoms with E-state index < -0.39 is 6.04 Å². The summed E-state index contributed by atoms with van der Waals surface area (Å²) in [4.78, 5) is 29.1. The number of rotatable bonds is 6. The van der Waals surface area contributed by atoms with Crippen molar-refractivity contribution in [3.8, 4) is 5.75 Å². The maximum Gasteiger partial charge on any atom is 0.322 e. The molecule has 0 radical (unpaired) electrons. The van der Waals surface area contributed by atoms with Crippen molar-refractivity contribution in [2.24, 2.45) is 0 Å². The third kappa shape index (κ3) is 4.60. The van der Waals surface area contributed by atoms with Gasteiger partial charge in [-0.1, -0.05) is 41.4 Å². The van der Waals surface area contributed by atoms with Crippen molar-refractivity contribution < 1.29 is 14.3 Å². The zero-order valence-electron chi connectivity index (χ0n) is 16.3. The largest absolute Gasteiger partial charge is 0.491 e. The van der Waals surface area contributed by atoms with E-state index in [2.05, 4.69) is 5.32 Å². The number of carbonyl (C=O) groups is 2. The van der Waals surface area contributed by atoms with Crippen molar-refractivity contribution in [1.82, 2.24) is 4.90 Å². The molecule has 154 valence electrons. The number of carbonyl (C=O) groups excluding carboxylic acids is 2. The number of anilines is 2. The average molecular weight is 436 g/mol. The van der Waals surface area contributed by atoms with Gasteiger partial charge in [0.25, 0.3) is 0 Å². The molecule has 0 bridgehead atoms. The third-order valence-electron chi connectivity index (χ3n) is 4.76. The van der Waals surface area contributed by atoms with Crippen LogP contribution in [-0.2, 0) is 4.79 Å². The Morgan fingerprint density at radius 2 is 1.86 bits per heavy atom. The number of para-hydroxylation sites is 1. The SMILES string of the molecule is CCOc1c(Cl)cc(NC(=O)N(CC)C2CCN(c3ccccc3)C2=O)cc1Cl. The maximum absolute atomic E-state index is 12.9. The summed E-state index contributed by atoms with van der Waals surface area (Å²) in [7, 11) is 0. The monoisotopic (exact) mass is 435 g/mol. The van der Waals surface area contributed by atoms with E-state index >= 15 is 0 Å². The molecular weight excluding hydrogens is 413 g/mol. The summed E-state index contributed by atoms with van der Waals surface area (Å²) in [6.07, 6.45) is 0.569. The highest BCUT2D eigenvalue weighted by Crippen LogP contribution is 2.36. The maximum atomic E-state index is 12.9. The zero-order valence-corrected chi connectivity index (χ0v) is 17.8. The van der Waals surface area contributed by atoms with Crippen LogP contribution in [0.4, 0.5) is 16.2 Å². The van der Waals surface area contributed by atoms with E-state index in [-0.39, 0.29) is 11.9 Å². The van der Waals surface area contributed by atoms with Crippen LogP contribution in [0.3, 0.4) is 0 Å². The van der Waals surface area contributed by atoms with Crippen LogP contribution >= 0.6 is 23.2 Å². The molecule has 3 amide bonds. The fourth-order valence-corrected chi connectivity index (χ4v) is 4.03. The first-order chi connectivity index (χ1) is 14.0. The predicted octanol–water partition coefficient (Wildman–Crippen LogP) is 5.05. The van der Waals surface area contributed by atoms with E-state index in [0.717, 1.165) is 5.69 Å². The van der Waals surface area contributed by atoms with Gasteiger partial charge in [-0.25, -0.2) is 4.79 Å². The summed E-state index contributed by atoms with van der Waals surface area (Å²) in [6.45, 7) is 5.06. The van der Waals surface area contributed by atoms with Gasteiger partial charge < -0.3 is 19.9 Å². The number of benzene rings is 2. The van der Waals surface area contributed by atoms with E-state index in [1.807, 2.05) is 44.2 Å². The Bertz CT molecular complexity index is 869. The molecule has 1 aliphatic rings. The quantitative estimate of drug-likeness (QED) is 0.689. The number of likely N-dealkylation sites (N-methyl/N-ethyl adjacent to an activating group) is 1. The molecule has 1 heterocycles.